The van der Waals surface area contributed by atoms with Gasteiger partial charge in [-0.25, -0.2) is 0 Å². The van der Waals surface area contributed by atoms with Gasteiger partial charge >= 0.3 is 0 Å². The highest BCUT2D eigenvalue weighted by Gasteiger charge is 2.27. The molecular weight excluding hydrogens is 941 g/mol. The first-order valence-corrected chi connectivity index (χ1v) is 26.4. The SMILES string of the molecule is C.C.O=C(NCCN1CCCCC1)c1ccc2c(c1)-c1ccc(C(=O)NCCN3CCCCC3)c3cccc-2c13.O=C(NCc1ccccc1)c1ccc2c(c1)-c1ccc(C(=O)NCc3ccccc3)c3cccc-2c13. The van der Waals surface area contributed by atoms with Crippen LogP contribution in [0.1, 0.15) is 106 Å². The van der Waals surface area contributed by atoms with Crippen LogP contribution in [0.25, 0.3) is 66.1 Å². The third-order valence-corrected chi connectivity index (χ3v) is 15.2. The normalized spacial score (nSPS) is 14.0. The van der Waals surface area contributed by atoms with Crippen molar-refractivity contribution in [3.8, 4) is 44.5 Å². The van der Waals surface area contributed by atoms with E-state index in [9.17, 15) is 19.2 Å². The Morgan fingerprint density at radius 1 is 0.355 bits per heavy atom. The molecule has 10 nitrogen and oxygen atoms in total. The van der Waals surface area contributed by atoms with Crippen LogP contribution in [0.3, 0.4) is 0 Å². The number of hydrogen-bond acceptors (Lipinski definition) is 6. The summed E-state index contributed by atoms with van der Waals surface area (Å²) in [7, 11) is 0. The Morgan fingerprint density at radius 2 is 0.737 bits per heavy atom. The Balaban J connectivity index is 0.000000181. The highest BCUT2D eigenvalue weighted by molar-refractivity contribution is 6.22. The number of nitrogens with zero attached hydrogens (tertiary/aromatic N) is 2. The predicted molar refractivity (Wildman–Crippen MR) is 311 cm³/mol. The minimum absolute atomic E-state index is 0. The zero-order valence-electron chi connectivity index (χ0n) is 41.9. The number of fused-ring (bicyclic) bond motifs is 6. The Labute approximate surface area is 447 Å². The fraction of sp³-hybridized carbons (Fsp3) is 0.273. The molecule has 0 atom stereocenters. The largest absolute Gasteiger partial charge is 0.351 e. The highest BCUT2D eigenvalue weighted by atomic mass is 16.2. The monoisotopic (exact) mass is 1010 g/mol. The van der Waals surface area contributed by atoms with Gasteiger partial charge in [-0.1, -0.05) is 149 Å². The third kappa shape index (κ3) is 11.2. The first-order chi connectivity index (χ1) is 36.4. The van der Waals surface area contributed by atoms with Gasteiger partial charge in [0.05, 0.1) is 0 Å². The van der Waals surface area contributed by atoms with Gasteiger partial charge in [0.15, 0.2) is 0 Å². The van der Waals surface area contributed by atoms with Crippen LogP contribution < -0.4 is 21.3 Å². The lowest BCUT2D eigenvalue weighted by molar-refractivity contribution is 0.0939. The van der Waals surface area contributed by atoms with E-state index in [2.05, 4.69) is 55.3 Å². The molecule has 0 bridgehead atoms. The van der Waals surface area contributed by atoms with Crippen LogP contribution in [-0.2, 0) is 13.1 Å². The van der Waals surface area contributed by atoms with Crippen LogP contribution in [-0.4, -0.2) is 85.8 Å². The van der Waals surface area contributed by atoms with E-state index < -0.39 is 0 Å². The number of carbonyl (C=O) groups is 4. The van der Waals surface area contributed by atoms with Gasteiger partial charge in [-0.3, -0.25) is 19.2 Å². The number of carbonyl (C=O) groups excluding carboxylic acids is 4. The third-order valence-electron chi connectivity index (χ3n) is 15.2. The Morgan fingerprint density at radius 3 is 1.20 bits per heavy atom. The second-order valence-corrected chi connectivity index (χ2v) is 20.0. The summed E-state index contributed by atoms with van der Waals surface area (Å²) in [5, 5.41) is 16.4. The maximum Gasteiger partial charge on any atom is 0.252 e. The molecule has 0 saturated carbocycles. The zero-order chi connectivity index (χ0) is 50.4. The molecule has 2 heterocycles. The number of rotatable bonds is 14. The van der Waals surface area contributed by atoms with Gasteiger partial charge in [0.25, 0.3) is 23.6 Å². The summed E-state index contributed by atoms with van der Waals surface area (Å²) >= 11 is 0. The number of nitrogens with one attached hydrogen (secondary N) is 4. The molecule has 2 aliphatic carbocycles. The van der Waals surface area contributed by atoms with Gasteiger partial charge in [0.2, 0.25) is 0 Å². The molecule has 4 N–H and O–H groups in total. The molecule has 2 aliphatic heterocycles. The Kier molecular flexibility index (Phi) is 16.8. The van der Waals surface area contributed by atoms with E-state index in [1.54, 1.807) is 0 Å². The van der Waals surface area contributed by atoms with Gasteiger partial charge in [-0.15, -0.1) is 0 Å². The van der Waals surface area contributed by atoms with Crippen molar-refractivity contribution >= 4 is 45.2 Å². The molecule has 4 aliphatic rings. The second-order valence-electron chi connectivity index (χ2n) is 20.0. The summed E-state index contributed by atoms with van der Waals surface area (Å²) in [4.78, 5) is 57.1. The van der Waals surface area contributed by atoms with Gasteiger partial charge in [-0.2, -0.15) is 0 Å². The van der Waals surface area contributed by atoms with Crippen LogP contribution in [0.15, 0.2) is 158 Å². The van der Waals surface area contributed by atoms with Crippen molar-refractivity contribution in [1.29, 1.82) is 0 Å². The topological polar surface area (TPSA) is 123 Å². The smallest absolute Gasteiger partial charge is 0.252 e. The minimum atomic E-state index is -0.106. The predicted octanol–water partition coefficient (Wildman–Crippen LogP) is 12.5. The molecule has 76 heavy (non-hydrogen) atoms. The van der Waals surface area contributed by atoms with Crippen LogP contribution in [0.4, 0.5) is 0 Å². The number of amides is 4. The van der Waals surface area contributed by atoms with E-state index in [1.165, 1.54) is 38.5 Å². The standard InChI is InChI=1S/C32H38N4O2.C32H24N2O2.2CH4/c37-31(33-14-20-35-16-3-1-4-17-35)23-10-11-24-25-8-7-9-26-28(13-12-27(30(25)26)29(24)22-23)32(38)34-15-21-36-18-5-2-6-19-36;35-31(33-19-21-8-3-1-4-9-21)23-14-15-24-25-12-7-13-26-28(17-16-27(30(25)26)29(24)18-23)32(36)34-20-22-10-5-2-6-11-22;;/h7-13,22H,1-6,14-21H2,(H,33,37)(H,34,38);1-18H,19-20H2,(H,33,35)(H,34,36);2*1H4. The molecule has 0 spiro atoms. The zero-order valence-corrected chi connectivity index (χ0v) is 41.9. The number of piperidine rings is 2. The van der Waals surface area contributed by atoms with Gasteiger partial charge < -0.3 is 31.1 Å². The second kappa shape index (κ2) is 24.2. The molecular formula is C66H70N6O4. The van der Waals surface area contributed by atoms with Crippen molar-refractivity contribution in [2.24, 2.45) is 0 Å². The van der Waals surface area contributed by atoms with Crippen molar-refractivity contribution < 1.29 is 19.2 Å². The molecule has 2 saturated heterocycles. The summed E-state index contributed by atoms with van der Waals surface area (Å²) < 4.78 is 0. The van der Waals surface area contributed by atoms with Crippen molar-refractivity contribution in [2.75, 3.05) is 52.4 Å². The van der Waals surface area contributed by atoms with E-state index in [-0.39, 0.29) is 38.5 Å². The molecule has 8 aromatic carbocycles. The molecule has 388 valence electrons. The summed E-state index contributed by atoms with van der Waals surface area (Å²) in [5.41, 5.74) is 13.4. The van der Waals surface area contributed by atoms with Crippen LogP contribution in [0, 0.1) is 0 Å². The lowest BCUT2D eigenvalue weighted by Crippen LogP contribution is -2.37. The van der Waals surface area contributed by atoms with Crippen molar-refractivity contribution in [3.63, 3.8) is 0 Å². The molecule has 8 aromatic rings. The molecule has 0 radical (unpaired) electrons. The van der Waals surface area contributed by atoms with E-state index in [1.807, 2.05) is 133 Å². The summed E-state index contributed by atoms with van der Waals surface area (Å²) in [6, 6.07) is 51.7. The van der Waals surface area contributed by atoms with Crippen LogP contribution in [0.2, 0.25) is 0 Å². The number of likely N-dealkylation sites (tertiary alicyclic amines) is 2. The maximum atomic E-state index is 13.2. The lowest BCUT2D eigenvalue weighted by Gasteiger charge is -2.26. The molecule has 12 rings (SSSR count). The van der Waals surface area contributed by atoms with Crippen LogP contribution in [0.5, 0.6) is 0 Å². The fourth-order valence-corrected chi connectivity index (χ4v) is 11.4. The maximum absolute atomic E-state index is 13.2. The first-order valence-electron chi connectivity index (χ1n) is 26.4. The van der Waals surface area contributed by atoms with Crippen molar-refractivity contribution in [2.45, 2.75) is 66.5 Å². The average molecular weight is 1010 g/mol. The summed E-state index contributed by atoms with van der Waals surface area (Å²) in [6.45, 7) is 8.64. The van der Waals surface area contributed by atoms with E-state index in [0.29, 0.717) is 48.4 Å². The Bertz CT molecular complexity index is 3400. The molecule has 10 heteroatoms. The van der Waals surface area contributed by atoms with E-state index in [4.69, 9.17) is 0 Å². The highest BCUT2D eigenvalue weighted by Crippen LogP contribution is 2.49. The van der Waals surface area contributed by atoms with E-state index in [0.717, 1.165) is 116 Å². The van der Waals surface area contributed by atoms with Crippen molar-refractivity contribution in [1.82, 2.24) is 31.1 Å². The van der Waals surface area contributed by atoms with Gasteiger partial charge in [0, 0.05) is 61.5 Å². The quantitative estimate of drug-likeness (QED) is 0.0860. The van der Waals surface area contributed by atoms with Crippen molar-refractivity contribution in [3.05, 3.63) is 191 Å². The Hall–Kier alpha value is -7.92. The summed E-state index contributed by atoms with van der Waals surface area (Å²) in [5.74, 6) is -0.248. The minimum Gasteiger partial charge on any atom is -0.351 e. The number of hydrogen-bond donors (Lipinski definition) is 4. The molecule has 0 aromatic heterocycles. The molecule has 4 amide bonds. The van der Waals surface area contributed by atoms with Gasteiger partial charge in [0.1, 0.15) is 0 Å². The van der Waals surface area contributed by atoms with E-state index >= 15 is 0 Å². The molecule has 2 fully saturated rings. The van der Waals surface area contributed by atoms with Gasteiger partial charge in [-0.05, 0) is 165 Å². The fourth-order valence-electron chi connectivity index (χ4n) is 11.4. The first kappa shape index (κ1) is 52.9. The summed E-state index contributed by atoms with van der Waals surface area (Å²) in [6.07, 6.45) is 7.66. The lowest BCUT2D eigenvalue weighted by atomic mass is 9.98. The number of benzene rings is 8. The molecule has 0 unspecified atom stereocenters. The van der Waals surface area contributed by atoms with Crippen LogP contribution >= 0.6 is 0 Å². The average Bonchev–Trinajstić information content (AvgIpc) is 4.00.